The first-order valence-corrected chi connectivity index (χ1v) is 9.24. The number of aliphatic carboxylic acids is 1. The first kappa shape index (κ1) is 19.7. The molecule has 0 aromatic heterocycles. The molecule has 2 rings (SSSR count). The van der Waals surface area contributed by atoms with Crippen LogP contribution in [0.15, 0.2) is 0 Å². The molecule has 2 N–H and O–H groups in total. The molecule has 1 aliphatic heterocycles. The second-order valence-corrected chi connectivity index (χ2v) is 7.40. The maximum Gasteiger partial charge on any atom is 0.313 e. The SMILES string of the molecule is COCC1(C(=O)O)CCCN(C(=O)CNC(=O)CCC2CCCC2)C1. The molecule has 25 heavy (non-hydrogen) atoms. The minimum atomic E-state index is -1.05. The molecule has 1 aliphatic carbocycles. The van der Waals surface area contributed by atoms with Gasteiger partial charge in [0.1, 0.15) is 5.41 Å². The summed E-state index contributed by atoms with van der Waals surface area (Å²) in [6.07, 6.45) is 7.39. The van der Waals surface area contributed by atoms with Crippen molar-refractivity contribution in [3.05, 3.63) is 0 Å². The number of nitrogens with one attached hydrogen (secondary N) is 1. The van der Waals surface area contributed by atoms with Crippen molar-refractivity contribution < 1.29 is 24.2 Å². The number of hydrogen-bond donors (Lipinski definition) is 2. The van der Waals surface area contributed by atoms with E-state index < -0.39 is 11.4 Å². The predicted molar refractivity (Wildman–Crippen MR) is 92.0 cm³/mol. The number of likely N-dealkylation sites (tertiary alicyclic amines) is 1. The third kappa shape index (κ3) is 5.42. The highest BCUT2D eigenvalue weighted by Gasteiger charge is 2.43. The second-order valence-electron chi connectivity index (χ2n) is 7.40. The van der Waals surface area contributed by atoms with Gasteiger partial charge in [-0.1, -0.05) is 25.7 Å². The summed E-state index contributed by atoms with van der Waals surface area (Å²) in [7, 11) is 1.47. The molecule has 1 heterocycles. The normalized spacial score (nSPS) is 24.3. The molecule has 7 nitrogen and oxygen atoms in total. The van der Waals surface area contributed by atoms with Crippen molar-refractivity contribution in [3.8, 4) is 0 Å². The molecule has 2 aliphatic rings. The van der Waals surface area contributed by atoms with Gasteiger partial charge in [-0.25, -0.2) is 0 Å². The molecule has 0 spiro atoms. The van der Waals surface area contributed by atoms with E-state index in [2.05, 4.69) is 5.32 Å². The van der Waals surface area contributed by atoms with E-state index in [1.165, 1.54) is 37.7 Å². The summed E-state index contributed by atoms with van der Waals surface area (Å²) in [4.78, 5) is 37.4. The molecule has 1 atom stereocenters. The number of carbonyl (C=O) groups is 3. The number of carboxylic acid groups (broad SMARTS) is 1. The number of piperidine rings is 1. The quantitative estimate of drug-likeness (QED) is 0.687. The van der Waals surface area contributed by atoms with E-state index in [0.717, 1.165) is 6.42 Å². The summed E-state index contributed by atoms with van der Waals surface area (Å²) in [6.45, 7) is 0.675. The Balaban J connectivity index is 1.77. The van der Waals surface area contributed by atoms with Crippen molar-refractivity contribution in [2.75, 3.05) is 33.4 Å². The molecule has 1 saturated carbocycles. The minimum absolute atomic E-state index is 0.0633. The standard InChI is InChI=1S/C18H30N2O5/c1-25-13-18(17(23)24)9-4-10-20(12-18)16(22)11-19-15(21)8-7-14-5-2-3-6-14/h14H,2-13H2,1H3,(H,19,21)(H,23,24). The van der Waals surface area contributed by atoms with Crippen LogP contribution in [-0.4, -0.2) is 61.1 Å². The van der Waals surface area contributed by atoms with Crippen molar-refractivity contribution >= 4 is 17.8 Å². The van der Waals surface area contributed by atoms with Gasteiger partial charge in [-0.2, -0.15) is 0 Å². The van der Waals surface area contributed by atoms with E-state index in [9.17, 15) is 19.5 Å². The van der Waals surface area contributed by atoms with Crippen LogP contribution < -0.4 is 5.32 Å². The maximum absolute atomic E-state index is 12.4. The van der Waals surface area contributed by atoms with E-state index in [4.69, 9.17) is 4.74 Å². The van der Waals surface area contributed by atoms with Crippen LogP contribution in [0.4, 0.5) is 0 Å². The Morgan fingerprint density at radius 2 is 1.96 bits per heavy atom. The van der Waals surface area contributed by atoms with Gasteiger partial charge in [0.2, 0.25) is 11.8 Å². The van der Waals surface area contributed by atoms with Gasteiger partial charge in [0.05, 0.1) is 13.2 Å². The Labute approximate surface area is 149 Å². The van der Waals surface area contributed by atoms with Crippen LogP contribution >= 0.6 is 0 Å². The van der Waals surface area contributed by atoms with Gasteiger partial charge in [-0.05, 0) is 25.2 Å². The number of rotatable bonds is 8. The van der Waals surface area contributed by atoms with Crippen molar-refractivity contribution in [3.63, 3.8) is 0 Å². The number of methoxy groups -OCH3 is 1. The summed E-state index contributed by atoms with van der Waals surface area (Å²) in [5.41, 5.74) is -1.05. The van der Waals surface area contributed by atoms with Crippen LogP contribution in [0.2, 0.25) is 0 Å². The first-order valence-electron chi connectivity index (χ1n) is 9.24. The lowest BCUT2D eigenvalue weighted by molar-refractivity contribution is -0.159. The molecule has 142 valence electrons. The molecule has 0 aromatic rings. The lowest BCUT2D eigenvalue weighted by atomic mass is 9.80. The lowest BCUT2D eigenvalue weighted by Gasteiger charge is -2.39. The highest BCUT2D eigenvalue weighted by atomic mass is 16.5. The van der Waals surface area contributed by atoms with Crippen LogP contribution in [-0.2, 0) is 19.1 Å². The van der Waals surface area contributed by atoms with E-state index >= 15 is 0 Å². The second kappa shape index (κ2) is 9.17. The molecular weight excluding hydrogens is 324 g/mol. The highest BCUT2D eigenvalue weighted by molar-refractivity contribution is 5.85. The number of carboxylic acids is 1. The molecule has 1 saturated heterocycles. The van der Waals surface area contributed by atoms with Crippen molar-refractivity contribution in [2.45, 2.75) is 51.4 Å². The van der Waals surface area contributed by atoms with Gasteiger partial charge in [-0.15, -0.1) is 0 Å². The van der Waals surface area contributed by atoms with Crippen LogP contribution in [0, 0.1) is 11.3 Å². The van der Waals surface area contributed by atoms with Gasteiger partial charge < -0.3 is 20.1 Å². The third-order valence-electron chi connectivity index (χ3n) is 5.50. The molecule has 2 amide bonds. The van der Waals surface area contributed by atoms with Crippen LogP contribution in [0.1, 0.15) is 51.4 Å². The maximum atomic E-state index is 12.4. The fourth-order valence-corrected chi connectivity index (χ4v) is 3.98. The number of nitrogens with zero attached hydrogens (tertiary/aromatic N) is 1. The molecule has 0 radical (unpaired) electrons. The monoisotopic (exact) mass is 354 g/mol. The Morgan fingerprint density at radius 3 is 2.60 bits per heavy atom. The van der Waals surface area contributed by atoms with Crippen LogP contribution in [0.3, 0.4) is 0 Å². The van der Waals surface area contributed by atoms with Crippen molar-refractivity contribution in [2.24, 2.45) is 11.3 Å². The predicted octanol–water partition coefficient (Wildman–Crippen LogP) is 1.41. The Hall–Kier alpha value is -1.63. The molecule has 0 aromatic carbocycles. The number of ether oxygens (including phenoxy) is 1. The molecular formula is C18H30N2O5. The average Bonchev–Trinajstić information content (AvgIpc) is 3.11. The van der Waals surface area contributed by atoms with Gasteiger partial charge in [0, 0.05) is 26.6 Å². The van der Waals surface area contributed by atoms with Crippen LogP contribution in [0.5, 0.6) is 0 Å². The fourth-order valence-electron chi connectivity index (χ4n) is 3.98. The largest absolute Gasteiger partial charge is 0.481 e. The third-order valence-corrected chi connectivity index (χ3v) is 5.50. The van der Waals surface area contributed by atoms with Gasteiger partial charge in [-0.3, -0.25) is 14.4 Å². The summed E-state index contributed by atoms with van der Waals surface area (Å²) >= 11 is 0. The number of amides is 2. The molecule has 0 bridgehead atoms. The Bertz CT molecular complexity index is 486. The molecule has 1 unspecified atom stereocenters. The van der Waals surface area contributed by atoms with Gasteiger partial charge >= 0.3 is 5.97 Å². The zero-order valence-corrected chi connectivity index (χ0v) is 15.1. The number of carbonyl (C=O) groups excluding carboxylic acids is 2. The molecule has 2 fully saturated rings. The summed E-state index contributed by atoms with van der Waals surface area (Å²) in [5, 5.41) is 12.2. The van der Waals surface area contributed by atoms with E-state index in [1.807, 2.05) is 0 Å². The molecule has 7 heteroatoms. The first-order chi connectivity index (χ1) is 12.0. The van der Waals surface area contributed by atoms with Crippen LogP contribution in [0.25, 0.3) is 0 Å². The van der Waals surface area contributed by atoms with E-state index in [-0.39, 0.29) is 31.5 Å². The Kier molecular flexibility index (Phi) is 7.23. The summed E-state index contributed by atoms with van der Waals surface area (Å²) < 4.78 is 5.06. The van der Waals surface area contributed by atoms with E-state index in [0.29, 0.717) is 31.7 Å². The average molecular weight is 354 g/mol. The van der Waals surface area contributed by atoms with Crippen molar-refractivity contribution in [1.82, 2.24) is 10.2 Å². The summed E-state index contributed by atoms with van der Waals surface area (Å²) in [5.74, 6) is -0.615. The zero-order chi connectivity index (χ0) is 18.3. The van der Waals surface area contributed by atoms with E-state index in [1.54, 1.807) is 0 Å². The Morgan fingerprint density at radius 1 is 1.24 bits per heavy atom. The number of hydrogen-bond acceptors (Lipinski definition) is 4. The fraction of sp³-hybridized carbons (Fsp3) is 0.833. The summed E-state index contributed by atoms with van der Waals surface area (Å²) in [6, 6.07) is 0. The topological polar surface area (TPSA) is 95.9 Å². The highest BCUT2D eigenvalue weighted by Crippen LogP contribution is 2.31. The van der Waals surface area contributed by atoms with Crippen molar-refractivity contribution in [1.29, 1.82) is 0 Å². The minimum Gasteiger partial charge on any atom is -0.481 e. The zero-order valence-electron chi connectivity index (χ0n) is 15.1. The van der Waals surface area contributed by atoms with Gasteiger partial charge in [0.15, 0.2) is 0 Å². The lowest BCUT2D eigenvalue weighted by Crippen LogP contribution is -2.53. The van der Waals surface area contributed by atoms with Gasteiger partial charge in [0.25, 0.3) is 0 Å². The smallest absolute Gasteiger partial charge is 0.313 e.